The molecule has 2 N–H and O–H groups in total. The summed E-state index contributed by atoms with van der Waals surface area (Å²) in [5.41, 5.74) is 0.947. The minimum absolute atomic E-state index is 0. The predicted octanol–water partition coefficient (Wildman–Crippen LogP) is 4.19. The van der Waals surface area contributed by atoms with Crippen LogP contribution >= 0.6 is 24.0 Å². The number of nitrogens with one attached hydrogen (secondary N) is 2. The van der Waals surface area contributed by atoms with E-state index in [1.807, 2.05) is 13.0 Å². The van der Waals surface area contributed by atoms with Crippen LogP contribution in [0.15, 0.2) is 47.5 Å². The zero-order valence-corrected chi connectivity index (χ0v) is 21.6. The highest BCUT2D eigenvalue weighted by atomic mass is 127. The number of nitrogens with zero attached hydrogens (tertiary/aromatic N) is 2. The van der Waals surface area contributed by atoms with Gasteiger partial charge in [-0.05, 0) is 61.7 Å². The number of hydrogen-bond acceptors (Lipinski definition) is 4. The Bertz CT molecular complexity index is 891. The molecular formula is C24H33F2IN4O2. The van der Waals surface area contributed by atoms with Gasteiger partial charge in [-0.2, -0.15) is 0 Å². The molecule has 1 heterocycles. The topological polar surface area (TPSA) is 58.1 Å². The largest absolute Gasteiger partial charge is 0.494 e. The van der Waals surface area contributed by atoms with Crippen molar-refractivity contribution in [1.82, 2.24) is 15.5 Å². The van der Waals surface area contributed by atoms with Gasteiger partial charge in [-0.25, -0.2) is 8.78 Å². The smallest absolute Gasteiger partial charge is 0.191 e. The van der Waals surface area contributed by atoms with Crippen molar-refractivity contribution in [1.29, 1.82) is 0 Å². The summed E-state index contributed by atoms with van der Waals surface area (Å²) in [6.45, 7) is 5.08. The van der Waals surface area contributed by atoms with Crippen molar-refractivity contribution in [2.45, 2.75) is 38.5 Å². The van der Waals surface area contributed by atoms with Gasteiger partial charge in [0.05, 0.1) is 13.7 Å². The number of benzene rings is 2. The number of piperidine rings is 1. The SMILES string of the molecule is CN=C(NCC(C)Oc1ccc(F)cc1)NC1CCN(Cc2ccc(OC)c(F)c2)CC1.I. The zero-order chi connectivity index (χ0) is 22.9. The Morgan fingerprint density at radius 2 is 1.85 bits per heavy atom. The molecule has 2 aromatic carbocycles. The van der Waals surface area contributed by atoms with Crippen LogP contribution in [0.3, 0.4) is 0 Å². The van der Waals surface area contributed by atoms with Crippen LogP contribution in [-0.2, 0) is 6.54 Å². The normalized spacial score (nSPS) is 16.0. The monoisotopic (exact) mass is 574 g/mol. The van der Waals surface area contributed by atoms with Gasteiger partial charge >= 0.3 is 0 Å². The van der Waals surface area contributed by atoms with Crippen molar-refractivity contribution < 1.29 is 18.3 Å². The predicted molar refractivity (Wildman–Crippen MR) is 138 cm³/mol. The molecule has 1 fully saturated rings. The van der Waals surface area contributed by atoms with E-state index >= 15 is 0 Å². The molecule has 0 aromatic heterocycles. The van der Waals surface area contributed by atoms with Crippen molar-refractivity contribution in [3.05, 3.63) is 59.7 Å². The van der Waals surface area contributed by atoms with Gasteiger partial charge in [0.15, 0.2) is 17.5 Å². The van der Waals surface area contributed by atoms with E-state index in [0.717, 1.165) is 44.0 Å². The minimum atomic E-state index is -0.325. The number of methoxy groups -OCH3 is 1. The Morgan fingerprint density at radius 1 is 1.15 bits per heavy atom. The Labute approximate surface area is 211 Å². The zero-order valence-electron chi connectivity index (χ0n) is 19.3. The summed E-state index contributed by atoms with van der Waals surface area (Å²) in [5.74, 6) is 1.03. The molecular weight excluding hydrogens is 541 g/mol. The first-order valence-corrected chi connectivity index (χ1v) is 10.9. The summed E-state index contributed by atoms with van der Waals surface area (Å²) < 4.78 is 37.7. The fourth-order valence-electron chi connectivity index (χ4n) is 3.72. The summed E-state index contributed by atoms with van der Waals surface area (Å²) in [6.07, 6.45) is 1.84. The third-order valence-corrected chi connectivity index (χ3v) is 5.48. The Kier molecular flexibility index (Phi) is 11.1. The maximum atomic E-state index is 13.9. The van der Waals surface area contributed by atoms with Crippen LogP contribution in [0.2, 0.25) is 0 Å². The van der Waals surface area contributed by atoms with Gasteiger partial charge in [0.2, 0.25) is 0 Å². The van der Waals surface area contributed by atoms with Crippen LogP contribution in [0.5, 0.6) is 11.5 Å². The van der Waals surface area contributed by atoms with Crippen molar-refractivity contribution in [3.63, 3.8) is 0 Å². The first kappa shape index (κ1) is 27.1. The maximum Gasteiger partial charge on any atom is 0.191 e. The second kappa shape index (κ2) is 13.5. The fourth-order valence-corrected chi connectivity index (χ4v) is 3.72. The second-order valence-electron chi connectivity index (χ2n) is 8.00. The lowest BCUT2D eigenvalue weighted by molar-refractivity contribution is 0.197. The standard InChI is InChI=1S/C24H32F2N4O2.HI/c1-17(32-21-7-5-19(25)6-8-21)15-28-24(27-2)29-20-10-12-30(13-11-20)16-18-4-9-23(31-3)22(26)14-18;/h4-9,14,17,20H,10-13,15-16H2,1-3H3,(H2,27,28,29);1H. The van der Waals surface area contributed by atoms with Crippen molar-refractivity contribution in [3.8, 4) is 11.5 Å². The molecule has 33 heavy (non-hydrogen) atoms. The summed E-state index contributed by atoms with van der Waals surface area (Å²) >= 11 is 0. The molecule has 0 aliphatic carbocycles. The first-order valence-electron chi connectivity index (χ1n) is 10.9. The summed E-state index contributed by atoms with van der Waals surface area (Å²) in [5, 5.41) is 6.76. The average molecular weight is 574 g/mol. The molecule has 0 amide bonds. The van der Waals surface area contributed by atoms with Gasteiger partial charge in [-0.15, -0.1) is 24.0 Å². The molecule has 0 bridgehead atoms. The van der Waals surface area contributed by atoms with Gasteiger partial charge in [-0.3, -0.25) is 9.89 Å². The lowest BCUT2D eigenvalue weighted by atomic mass is 10.0. The first-order chi connectivity index (χ1) is 15.5. The van der Waals surface area contributed by atoms with Crippen LogP contribution < -0.4 is 20.1 Å². The maximum absolute atomic E-state index is 13.9. The highest BCUT2D eigenvalue weighted by Gasteiger charge is 2.20. The molecule has 0 saturated carbocycles. The Hall–Kier alpha value is -2.14. The van der Waals surface area contributed by atoms with E-state index in [0.29, 0.717) is 18.3 Å². The van der Waals surface area contributed by atoms with E-state index in [4.69, 9.17) is 9.47 Å². The molecule has 1 saturated heterocycles. The molecule has 3 rings (SSSR count). The molecule has 182 valence electrons. The van der Waals surface area contributed by atoms with E-state index in [9.17, 15) is 8.78 Å². The molecule has 0 radical (unpaired) electrons. The summed E-state index contributed by atoms with van der Waals surface area (Å²) in [7, 11) is 3.21. The second-order valence-corrected chi connectivity index (χ2v) is 8.00. The van der Waals surface area contributed by atoms with Gasteiger partial charge in [-0.1, -0.05) is 6.07 Å². The molecule has 1 aliphatic heterocycles. The molecule has 1 aliphatic rings. The van der Waals surface area contributed by atoms with Crippen LogP contribution in [0, 0.1) is 11.6 Å². The molecule has 0 spiro atoms. The van der Waals surface area contributed by atoms with E-state index < -0.39 is 0 Å². The molecule has 2 aromatic rings. The minimum Gasteiger partial charge on any atom is -0.494 e. The Balaban J connectivity index is 0.00000385. The van der Waals surface area contributed by atoms with Crippen molar-refractivity contribution in [2.24, 2.45) is 4.99 Å². The average Bonchev–Trinajstić information content (AvgIpc) is 2.79. The molecule has 6 nitrogen and oxygen atoms in total. The lowest BCUT2D eigenvalue weighted by Crippen LogP contribution is -2.49. The summed E-state index contributed by atoms with van der Waals surface area (Å²) in [6, 6.07) is 11.5. The van der Waals surface area contributed by atoms with Gasteiger partial charge in [0, 0.05) is 32.7 Å². The number of aliphatic imine (C=N–C) groups is 1. The van der Waals surface area contributed by atoms with Gasteiger partial charge in [0.25, 0.3) is 0 Å². The molecule has 1 unspecified atom stereocenters. The van der Waals surface area contributed by atoms with Crippen molar-refractivity contribution in [2.75, 3.05) is 33.8 Å². The number of rotatable bonds is 8. The third-order valence-electron chi connectivity index (χ3n) is 5.48. The Morgan fingerprint density at radius 3 is 2.45 bits per heavy atom. The highest BCUT2D eigenvalue weighted by Crippen LogP contribution is 2.20. The number of ether oxygens (including phenoxy) is 2. The number of likely N-dealkylation sites (tertiary alicyclic amines) is 1. The van der Waals surface area contributed by atoms with Crippen LogP contribution in [0.1, 0.15) is 25.3 Å². The molecule has 1 atom stereocenters. The van der Waals surface area contributed by atoms with Gasteiger partial charge in [0.1, 0.15) is 17.7 Å². The van der Waals surface area contributed by atoms with E-state index in [1.54, 1.807) is 31.3 Å². The van der Waals surface area contributed by atoms with Crippen LogP contribution in [0.25, 0.3) is 0 Å². The fraction of sp³-hybridized carbons (Fsp3) is 0.458. The van der Waals surface area contributed by atoms with Gasteiger partial charge < -0.3 is 20.1 Å². The third kappa shape index (κ3) is 8.62. The van der Waals surface area contributed by atoms with Crippen LogP contribution in [0.4, 0.5) is 8.78 Å². The van der Waals surface area contributed by atoms with Crippen molar-refractivity contribution >= 4 is 29.9 Å². The molecule has 9 heteroatoms. The summed E-state index contributed by atoms with van der Waals surface area (Å²) in [4.78, 5) is 6.64. The quantitative estimate of drug-likeness (QED) is 0.282. The number of hydrogen-bond donors (Lipinski definition) is 2. The van der Waals surface area contributed by atoms with E-state index in [1.165, 1.54) is 19.2 Å². The number of halogens is 3. The number of guanidine groups is 1. The highest BCUT2D eigenvalue weighted by molar-refractivity contribution is 14.0. The lowest BCUT2D eigenvalue weighted by Gasteiger charge is -2.33. The van der Waals surface area contributed by atoms with E-state index in [2.05, 4.69) is 20.5 Å². The van der Waals surface area contributed by atoms with Crippen LogP contribution in [-0.4, -0.2) is 56.8 Å². The van der Waals surface area contributed by atoms with E-state index in [-0.39, 0.29) is 47.5 Å².